The monoisotopic (exact) mass is 244 g/mol. The third-order valence-electron chi connectivity index (χ3n) is 2.44. The summed E-state index contributed by atoms with van der Waals surface area (Å²) in [6.07, 6.45) is -2.57. The lowest BCUT2D eigenvalue weighted by molar-refractivity contribution is -0.140. The number of aliphatic hydroxyl groups excluding tert-OH is 2. The van der Waals surface area contributed by atoms with Crippen LogP contribution in [0.4, 0.5) is 4.79 Å². The predicted octanol–water partition coefficient (Wildman–Crippen LogP) is -0.890. The maximum atomic E-state index is 11.5. The highest BCUT2D eigenvalue weighted by Crippen LogP contribution is 2.17. The van der Waals surface area contributed by atoms with Gasteiger partial charge in [0.25, 0.3) is 0 Å². The van der Waals surface area contributed by atoms with Crippen molar-refractivity contribution in [1.29, 1.82) is 0 Å². The molecule has 1 aliphatic heterocycles. The van der Waals surface area contributed by atoms with Crippen molar-refractivity contribution in [1.82, 2.24) is 9.80 Å². The van der Waals surface area contributed by atoms with Crippen molar-refractivity contribution in [2.75, 3.05) is 20.2 Å². The first-order valence-electron chi connectivity index (χ1n) is 5.08. The van der Waals surface area contributed by atoms with E-state index in [0.717, 1.165) is 9.80 Å². The number of nitrogens with zero attached hydrogens (tertiary/aromatic N) is 2. The summed E-state index contributed by atoms with van der Waals surface area (Å²) in [5.41, 5.74) is 0.260. The molecule has 1 saturated heterocycles. The van der Waals surface area contributed by atoms with Crippen LogP contribution in [0.15, 0.2) is 12.2 Å². The van der Waals surface area contributed by atoms with Crippen molar-refractivity contribution in [3.63, 3.8) is 0 Å². The third-order valence-corrected chi connectivity index (χ3v) is 2.44. The first-order valence-corrected chi connectivity index (χ1v) is 5.08. The molecule has 0 bridgehead atoms. The number of carbonyl (C=O) groups is 2. The Morgan fingerprint density at radius 1 is 1.47 bits per heavy atom. The molecule has 0 aromatic carbocycles. The third kappa shape index (κ3) is 2.75. The van der Waals surface area contributed by atoms with Crippen LogP contribution in [0.2, 0.25) is 0 Å². The number of carbonyl (C=O) groups excluding carboxylic acids is 2. The van der Waals surface area contributed by atoms with E-state index in [0.29, 0.717) is 0 Å². The number of hydrogen-bond donors (Lipinski definition) is 2. The fraction of sp³-hybridized carbons (Fsp3) is 0.600. The van der Waals surface area contributed by atoms with Crippen molar-refractivity contribution >= 4 is 12.0 Å². The van der Waals surface area contributed by atoms with Crippen LogP contribution in [0.25, 0.3) is 0 Å². The van der Waals surface area contributed by atoms with Gasteiger partial charge in [-0.2, -0.15) is 0 Å². The molecule has 0 spiro atoms. The van der Waals surface area contributed by atoms with E-state index in [9.17, 15) is 19.8 Å². The molecule has 7 heteroatoms. The van der Waals surface area contributed by atoms with Crippen LogP contribution >= 0.6 is 0 Å². The highest BCUT2D eigenvalue weighted by Gasteiger charge is 2.41. The van der Waals surface area contributed by atoms with E-state index in [2.05, 4.69) is 6.58 Å². The van der Waals surface area contributed by atoms with Gasteiger partial charge in [-0.1, -0.05) is 6.58 Å². The number of rotatable bonds is 4. The van der Waals surface area contributed by atoms with E-state index in [1.807, 2.05) is 0 Å². The number of hydrogen-bond acceptors (Lipinski definition) is 5. The number of ether oxygens (including phenoxy) is 1. The van der Waals surface area contributed by atoms with Crippen LogP contribution in [0.5, 0.6) is 0 Å². The van der Waals surface area contributed by atoms with E-state index >= 15 is 0 Å². The molecule has 0 radical (unpaired) electrons. The van der Waals surface area contributed by atoms with Crippen molar-refractivity contribution in [2.45, 2.75) is 19.4 Å². The van der Waals surface area contributed by atoms with E-state index < -0.39 is 24.5 Å². The summed E-state index contributed by atoms with van der Waals surface area (Å²) in [4.78, 5) is 24.6. The lowest BCUT2D eigenvalue weighted by Crippen LogP contribution is -2.38. The Morgan fingerprint density at radius 3 is 2.47 bits per heavy atom. The molecule has 2 atom stereocenters. The average Bonchev–Trinajstić information content (AvgIpc) is 2.46. The second-order valence-corrected chi connectivity index (χ2v) is 3.83. The molecule has 0 aromatic rings. The minimum Gasteiger partial charge on any atom is -0.460 e. The Hall–Kier alpha value is -1.60. The molecule has 1 rings (SSSR count). The summed E-state index contributed by atoms with van der Waals surface area (Å²) < 4.78 is 4.79. The number of amides is 2. The Morgan fingerprint density at radius 2 is 2.06 bits per heavy atom. The number of likely N-dealkylation sites (N-methyl/N-ethyl adjacent to an activating group) is 1. The van der Waals surface area contributed by atoms with Crippen molar-refractivity contribution in [3.05, 3.63) is 12.2 Å². The fourth-order valence-electron chi connectivity index (χ4n) is 1.38. The molecule has 1 aliphatic rings. The van der Waals surface area contributed by atoms with Crippen molar-refractivity contribution in [2.24, 2.45) is 0 Å². The van der Waals surface area contributed by atoms with E-state index in [4.69, 9.17) is 4.74 Å². The molecule has 96 valence electrons. The van der Waals surface area contributed by atoms with Crippen LogP contribution in [-0.2, 0) is 9.53 Å². The van der Waals surface area contributed by atoms with Crippen LogP contribution < -0.4 is 0 Å². The maximum Gasteiger partial charge on any atom is 0.333 e. The lowest BCUT2D eigenvalue weighted by atomic mass is 10.4. The Kier molecular flexibility index (Phi) is 4.08. The van der Waals surface area contributed by atoms with Gasteiger partial charge in [0.1, 0.15) is 6.61 Å². The minimum atomic E-state index is -1.31. The van der Waals surface area contributed by atoms with Crippen molar-refractivity contribution < 1.29 is 24.5 Å². The molecule has 2 N–H and O–H groups in total. The van der Waals surface area contributed by atoms with Crippen LogP contribution in [0.3, 0.4) is 0 Å². The highest BCUT2D eigenvalue weighted by molar-refractivity contribution is 5.86. The Bertz CT molecular complexity index is 344. The zero-order valence-corrected chi connectivity index (χ0v) is 9.79. The van der Waals surface area contributed by atoms with Crippen LogP contribution in [0, 0.1) is 0 Å². The number of urea groups is 1. The molecule has 1 fully saturated rings. The molecule has 17 heavy (non-hydrogen) atoms. The summed E-state index contributed by atoms with van der Waals surface area (Å²) in [7, 11) is 1.37. The van der Waals surface area contributed by atoms with Gasteiger partial charge in [0, 0.05) is 12.6 Å². The molecule has 2 unspecified atom stereocenters. The SMILES string of the molecule is C=C(C)C(=O)OCCN1C(=O)N(C)C(O)C1O. The van der Waals surface area contributed by atoms with Gasteiger partial charge in [-0.25, -0.2) is 9.59 Å². The summed E-state index contributed by atoms with van der Waals surface area (Å²) in [5, 5.41) is 18.9. The van der Waals surface area contributed by atoms with Gasteiger partial charge in [0.05, 0.1) is 6.54 Å². The van der Waals surface area contributed by atoms with Gasteiger partial charge in [-0.15, -0.1) is 0 Å². The molecular formula is C10H16N2O5. The predicted molar refractivity (Wildman–Crippen MR) is 57.7 cm³/mol. The van der Waals surface area contributed by atoms with Gasteiger partial charge in [-0.3, -0.25) is 9.80 Å². The first kappa shape index (κ1) is 13.5. The Labute approximate surface area is 98.9 Å². The van der Waals surface area contributed by atoms with E-state index in [-0.39, 0.29) is 18.7 Å². The lowest BCUT2D eigenvalue weighted by Gasteiger charge is -2.18. The topological polar surface area (TPSA) is 90.3 Å². The van der Waals surface area contributed by atoms with Crippen LogP contribution in [0.1, 0.15) is 6.92 Å². The Balaban J connectivity index is 2.45. The fourth-order valence-corrected chi connectivity index (χ4v) is 1.38. The maximum absolute atomic E-state index is 11.5. The second kappa shape index (κ2) is 5.15. The molecule has 0 saturated carbocycles. The molecule has 7 nitrogen and oxygen atoms in total. The number of esters is 1. The first-order chi connectivity index (χ1) is 7.86. The van der Waals surface area contributed by atoms with E-state index in [1.165, 1.54) is 14.0 Å². The second-order valence-electron chi connectivity index (χ2n) is 3.83. The average molecular weight is 244 g/mol. The van der Waals surface area contributed by atoms with E-state index in [1.54, 1.807) is 0 Å². The van der Waals surface area contributed by atoms with Gasteiger partial charge in [0.2, 0.25) is 0 Å². The van der Waals surface area contributed by atoms with Gasteiger partial charge < -0.3 is 14.9 Å². The molecule has 1 heterocycles. The quantitative estimate of drug-likeness (QED) is 0.494. The zero-order chi connectivity index (χ0) is 13.2. The summed E-state index contributed by atoms with van der Waals surface area (Å²) >= 11 is 0. The number of aliphatic hydroxyl groups is 2. The minimum absolute atomic E-state index is 0.0143. The smallest absolute Gasteiger partial charge is 0.333 e. The summed E-state index contributed by atoms with van der Waals surface area (Å²) in [6.45, 7) is 4.87. The molecular weight excluding hydrogens is 228 g/mol. The summed E-state index contributed by atoms with van der Waals surface area (Å²) in [5.74, 6) is -0.556. The van der Waals surface area contributed by atoms with Gasteiger partial charge in [0.15, 0.2) is 12.5 Å². The molecule has 2 amide bonds. The molecule has 0 aliphatic carbocycles. The summed E-state index contributed by atoms with van der Waals surface area (Å²) in [6, 6.07) is -0.517. The largest absolute Gasteiger partial charge is 0.460 e. The normalized spacial score (nSPS) is 24.1. The highest BCUT2D eigenvalue weighted by atomic mass is 16.5. The van der Waals surface area contributed by atoms with Gasteiger partial charge in [-0.05, 0) is 6.92 Å². The van der Waals surface area contributed by atoms with Gasteiger partial charge >= 0.3 is 12.0 Å². The van der Waals surface area contributed by atoms with Crippen LogP contribution in [-0.4, -0.2) is 64.7 Å². The van der Waals surface area contributed by atoms with Crippen molar-refractivity contribution in [3.8, 4) is 0 Å². The standard InChI is InChI=1S/C10H16N2O5/c1-6(2)9(15)17-5-4-12-8(14)7(13)11(3)10(12)16/h7-8,13-14H,1,4-5H2,2-3H3. The molecule has 0 aromatic heterocycles. The zero-order valence-electron chi connectivity index (χ0n) is 9.79.